The number of benzene rings is 1. The Bertz CT molecular complexity index is 1940. The monoisotopic (exact) mass is 799 g/mol. The summed E-state index contributed by atoms with van der Waals surface area (Å²) < 4.78 is 53.6. The molecule has 1 aromatic rings. The Morgan fingerprint density at radius 2 is 1.75 bits per heavy atom. The Morgan fingerprint density at radius 3 is 2.32 bits per heavy atom. The fourth-order valence-electron chi connectivity index (χ4n) is 7.86. The maximum Gasteiger partial charge on any atom is 0.410 e. The molecule has 5 atom stereocenters. The molecule has 13 nitrogen and oxygen atoms in total. The molecular formula is C41H54FN3O10S. The zero-order chi connectivity index (χ0) is 41.5. The number of carbonyl (C=O) groups excluding carboxylic acids is 6. The number of nitrogens with one attached hydrogen (secondary N) is 1. The third kappa shape index (κ3) is 9.75. The number of rotatable bonds is 15. The number of likely N-dealkylation sites (tertiary alicyclic amines) is 1. The molecule has 5 rings (SSSR count). The number of esters is 1. The minimum absolute atomic E-state index is 0.0330. The van der Waals surface area contributed by atoms with E-state index in [-0.39, 0.29) is 44.7 Å². The van der Waals surface area contributed by atoms with Crippen LogP contribution < -0.4 is 4.72 Å². The predicted molar refractivity (Wildman–Crippen MR) is 203 cm³/mol. The normalized spacial score (nSPS) is 23.8. The second-order valence-electron chi connectivity index (χ2n) is 17.7. The SMILES string of the molecule is C=C[C@@H]1C[C@]1(CC(=O)C1CC(OC(=O)N2Cc3cccc(F)c3C2)CN1C(=O)[C@@H](CC(=O)OC(C)(C)C)C(C)(C)CC(=O)C=C(C)C)C(=O)NS(=O)(=O)C1CC1. The van der Waals surface area contributed by atoms with Crippen LogP contribution in [0.25, 0.3) is 0 Å². The molecule has 3 amide bonds. The number of hydrogen-bond acceptors (Lipinski definition) is 10. The molecule has 2 aliphatic carbocycles. The summed E-state index contributed by atoms with van der Waals surface area (Å²) in [5, 5.41) is -0.674. The Hall–Kier alpha value is -4.40. The van der Waals surface area contributed by atoms with Gasteiger partial charge in [-0.15, -0.1) is 6.58 Å². The van der Waals surface area contributed by atoms with E-state index in [1.54, 1.807) is 60.6 Å². The van der Waals surface area contributed by atoms with Gasteiger partial charge >= 0.3 is 12.1 Å². The van der Waals surface area contributed by atoms with E-state index in [2.05, 4.69) is 11.3 Å². The third-order valence-electron chi connectivity index (χ3n) is 11.0. The summed E-state index contributed by atoms with van der Waals surface area (Å²) in [6, 6.07) is 3.32. The number of carbonyl (C=O) groups is 6. The summed E-state index contributed by atoms with van der Waals surface area (Å²) in [6.07, 6.45) is 1.07. The summed E-state index contributed by atoms with van der Waals surface area (Å²) in [5.74, 6) is -5.11. The van der Waals surface area contributed by atoms with Gasteiger partial charge < -0.3 is 14.4 Å². The second kappa shape index (κ2) is 15.9. The van der Waals surface area contributed by atoms with E-state index < -0.39 is 104 Å². The van der Waals surface area contributed by atoms with Crippen LogP contribution in [0.3, 0.4) is 0 Å². The number of Topliss-reactive ketones (excluding diaryl/α,β-unsaturated/α-hetero) is 1. The molecule has 2 aliphatic heterocycles. The van der Waals surface area contributed by atoms with E-state index in [4.69, 9.17) is 9.47 Å². The highest BCUT2D eigenvalue weighted by atomic mass is 32.2. The molecule has 2 heterocycles. The minimum Gasteiger partial charge on any atom is -0.460 e. The van der Waals surface area contributed by atoms with E-state index in [1.165, 1.54) is 28.0 Å². The van der Waals surface area contributed by atoms with Gasteiger partial charge in [0.05, 0.1) is 42.1 Å². The Morgan fingerprint density at radius 1 is 1.07 bits per heavy atom. The molecule has 306 valence electrons. The van der Waals surface area contributed by atoms with Crippen molar-refractivity contribution in [3.05, 3.63) is 59.4 Å². The van der Waals surface area contributed by atoms with Crippen molar-refractivity contribution in [2.45, 2.75) is 129 Å². The predicted octanol–water partition coefficient (Wildman–Crippen LogP) is 5.31. The first-order valence-corrected chi connectivity index (χ1v) is 20.6. The van der Waals surface area contributed by atoms with Crippen molar-refractivity contribution in [1.82, 2.24) is 14.5 Å². The van der Waals surface area contributed by atoms with Crippen LogP contribution in [-0.2, 0) is 56.6 Å². The van der Waals surface area contributed by atoms with Gasteiger partial charge in [-0.3, -0.25) is 33.6 Å². The van der Waals surface area contributed by atoms with Gasteiger partial charge in [0, 0.05) is 31.4 Å². The number of allylic oxidation sites excluding steroid dienone is 3. The van der Waals surface area contributed by atoms with Crippen molar-refractivity contribution < 1.29 is 51.0 Å². The summed E-state index contributed by atoms with van der Waals surface area (Å²) in [4.78, 5) is 85.4. The number of nitrogens with zero attached hydrogens (tertiary/aromatic N) is 2. The van der Waals surface area contributed by atoms with Gasteiger partial charge in [0.2, 0.25) is 21.8 Å². The van der Waals surface area contributed by atoms with Gasteiger partial charge in [-0.25, -0.2) is 17.6 Å². The van der Waals surface area contributed by atoms with Gasteiger partial charge in [-0.2, -0.15) is 0 Å². The van der Waals surface area contributed by atoms with Crippen LogP contribution in [0.1, 0.15) is 105 Å². The maximum atomic E-state index is 14.9. The maximum absolute atomic E-state index is 14.9. The van der Waals surface area contributed by atoms with Crippen LogP contribution in [0.2, 0.25) is 0 Å². The zero-order valence-corrected chi connectivity index (χ0v) is 34.1. The van der Waals surface area contributed by atoms with Crippen LogP contribution in [0.15, 0.2) is 42.5 Å². The van der Waals surface area contributed by atoms with Crippen molar-refractivity contribution in [1.29, 1.82) is 0 Å². The largest absolute Gasteiger partial charge is 0.460 e. The molecule has 15 heteroatoms. The van der Waals surface area contributed by atoms with Gasteiger partial charge in [-0.1, -0.05) is 37.6 Å². The molecule has 4 aliphatic rings. The van der Waals surface area contributed by atoms with Crippen LogP contribution in [0, 0.1) is 28.5 Å². The lowest BCUT2D eigenvalue weighted by Crippen LogP contribution is -2.49. The van der Waals surface area contributed by atoms with Crippen molar-refractivity contribution in [2.75, 3.05) is 6.54 Å². The van der Waals surface area contributed by atoms with E-state index in [1.807, 2.05) is 0 Å². The highest BCUT2D eigenvalue weighted by Crippen LogP contribution is 2.57. The van der Waals surface area contributed by atoms with E-state index in [9.17, 15) is 41.6 Å². The van der Waals surface area contributed by atoms with Crippen molar-refractivity contribution in [2.24, 2.45) is 22.7 Å². The quantitative estimate of drug-likeness (QED) is 0.139. The lowest BCUT2D eigenvalue weighted by molar-refractivity contribution is -0.161. The van der Waals surface area contributed by atoms with E-state index >= 15 is 0 Å². The molecule has 56 heavy (non-hydrogen) atoms. The molecule has 0 aromatic heterocycles. The average Bonchev–Trinajstić information content (AvgIpc) is 3.96. The molecule has 3 fully saturated rings. The first-order chi connectivity index (χ1) is 26.0. The lowest BCUT2D eigenvalue weighted by atomic mass is 9.72. The number of hydrogen-bond donors (Lipinski definition) is 1. The van der Waals surface area contributed by atoms with Gasteiger partial charge in [0.1, 0.15) is 17.5 Å². The topological polar surface area (TPSA) is 174 Å². The number of amides is 3. The molecule has 0 bridgehead atoms. The van der Waals surface area contributed by atoms with Crippen LogP contribution in [0.4, 0.5) is 9.18 Å². The molecule has 0 radical (unpaired) electrons. The molecule has 2 unspecified atom stereocenters. The minimum atomic E-state index is -3.93. The second-order valence-corrected chi connectivity index (χ2v) is 19.7. The third-order valence-corrected chi connectivity index (χ3v) is 12.9. The smallest absolute Gasteiger partial charge is 0.410 e. The molecule has 1 saturated heterocycles. The number of ketones is 2. The highest BCUT2D eigenvalue weighted by molar-refractivity contribution is 7.90. The summed E-state index contributed by atoms with van der Waals surface area (Å²) >= 11 is 0. The number of sulfonamides is 1. The molecular weight excluding hydrogens is 746 g/mol. The van der Waals surface area contributed by atoms with Crippen molar-refractivity contribution in [3.8, 4) is 0 Å². The lowest BCUT2D eigenvalue weighted by Gasteiger charge is -2.37. The van der Waals surface area contributed by atoms with Crippen LogP contribution in [0.5, 0.6) is 0 Å². The van der Waals surface area contributed by atoms with Gasteiger partial charge in [-0.05, 0) is 82.9 Å². The fraction of sp³-hybridized carbons (Fsp3) is 0.610. The first-order valence-electron chi connectivity index (χ1n) is 19.1. The Balaban J connectivity index is 1.44. The van der Waals surface area contributed by atoms with E-state index in [0.717, 1.165) is 5.57 Å². The molecule has 2 saturated carbocycles. The fourth-order valence-corrected chi connectivity index (χ4v) is 9.25. The molecule has 1 aromatic carbocycles. The summed E-state index contributed by atoms with van der Waals surface area (Å²) in [7, 11) is -3.93. The molecule has 0 spiro atoms. The average molecular weight is 800 g/mol. The number of ether oxygens (including phenoxy) is 2. The Kier molecular flexibility index (Phi) is 12.1. The molecule has 1 N–H and O–H groups in total. The standard InChI is InChI=1S/C41H54FN3O10S/c1-9-26-18-41(26,37(50)43-56(52,53)29-13-14-29)20-34(47)33-16-28(54-38(51)44-21-25-11-10-12-32(42)30(25)23-44)22-45(33)36(49)31(17-35(48)55-39(4,5)6)40(7,8)19-27(46)15-24(2)3/h9-12,15,26,28-29,31,33H,1,13-14,16-23H2,2-8H3,(H,43,50)/t26-,28?,31-,33?,41-/m1/s1. The van der Waals surface area contributed by atoms with Crippen LogP contribution in [-0.4, -0.2) is 83.2 Å². The summed E-state index contributed by atoms with van der Waals surface area (Å²) in [6.45, 7) is 15.5. The summed E-state index contributed by atoms with van der Waals surface area (Å²) in [5.41, 5.74) is -1.69. The van der Waals surface area contributed by atoms with Gasteiger partial charge in [0.25, 0.3) is 0 Å². The van der Waals surface area contributed by atoms with Crippen LogP contribution >= 0.6 is 0 Å². The van der Waals surface area contributed by atoms with Crippen molar-refractivity contribution >= 4 is 45.5 Å². The van der Waals surface area contributed by atoms with E-state index in [0.29, 0.717) is 24.0 Å². The van der Waals surface area contributed by atoms with Gasteiger partial charge in [0.15, 0.2) is 11.6 Å². The number of fused-ring (bicyclic) bond motifs is 1. The zero-order valence-electron chi connectivity index (χ0n) is 33.3. The Labute approximate surface area is 328 Å². The van der Waals surface area contributed by atoms with Crippen molar-refractivity contribution in [3.63, 3.8) is 0 Å². The first kappa shape index (κ1) is 42.7. The number of halogens is 1. The highest BCUT2D eigenvalue weighted by Gasteiger charge is 2.61.